The van der Waals surface area contributed by atoms with Gasteiger partial charge in [0.2, 0.25) is 0 Å². The Morgan fingerprint density at radius 3 is 2.90 bits per heavy atom. The number of amides is 1. The van der Waals surface area contributed by atoms with E-state index in [2.05, 4.69) is 20.6 Å². The van der Waals surface area contributed by atoms with Crippen molar-refractivity contribution in [1.82, 2.24) is 9.97 Å². The minimum absolute atomic E-state index is 0.138. The molecule has 0 saturated carbocycles. The smallest absolute Gasteiger partial charge is 0.255 e. The van der Waals surface area contributed by atoms with Crippen LogP contribution in [0.25, 0.3) is 11.0 Å². The third-order valence-electron chi connectivity index (χ3n) is 3.09. The first-order valence-corrected chi connectivity index (χ1v) is 6.28. The highest BCUT2D eigenvalue weighted by atomic mass is 16.1. The van der Waals surface area contributed by atoms with Gasteiger partial charge < -0.3 is 15.6 Å². The zero-order chi connectivity index (χ0) is 13.9. The second-order valence-electron chi connectivity index (χ2n) is 4.42. The molecule has 3 aromatic rings. The summed E-state index contributed by atoms with van der Waals surface area (Å²) in [5, 5.41) is 5.89. The van der Waals surface area contributed by atoms with E-state index in [1.165, 1.54) is 0 Å². The first-order valence-electron chi connectivity index (χ1n) is 6.28. The molecule has 1 heterocycles. The number of aromatic nitrogens is 2. The molecule has 0 atom stereocenters. The zero-order valence-electron chi connectivity index (χ0n) is 11.0. The van der Waals surface area contributed by atoms with Gasteiger partial charge in [-0.3, -0.25) is 4.79 Å². The van der Waals surface area contributed by atoms with Gasteiger partial charge in [0, 0.05) is 24.0 Å². The van der Waals surface area contributed by atoms with Crippen LogP contribution in [0, 0.1) is 0 Å². The number of rotatable bonds is 3. The molecule has 0 saturated heterocycles. The predicted molar refractivity (Wildman–Crippen MR) is 80.0 cm³/mol. The summed E-state index contributed by atoms with van der Waals surface area (Å²) in [6.45, 7) is 0. The number of benzene rings is 2. The average Bonchev–Trinajstić information content (AvgIpc) is 2.95. The molecule has 100 valence electrons. The third kappa shape index (κ3) is 2.33. The monoisotopic (exact) mass is 266 g/mol. The lowest BCUT2D eigenvalue weighted by Gasteiger charge is -2.07. The summed E-state index contributed by atoms with van der Waals surface area (Å²) in [7, 11) is 1.82. The van der Waals surface area contributed by atoms with Gasteiger partial charge in [-0.25, -0.2) is 4.98 Å². The molecular formula is C15H14N4O. The highest BCUT2D eigenvalue weighted by Gasteiger charge is 2.07. The maximum absolute atomic E-state index is 12.2. The second-order valence-corrected chi connectivity index (χ2v) is 4.42. The number of carbonyl (C=O) groups is 1. The van der Waals surface area contributed by atoms with E-state index in [1.807, 2.05) is 43.4 Å². The van der Waals surface area contributed by atoms with Crippen LogP contribution in [0.1, 0.15) is 10.4 Å². The number of H-pyrrole nitrogens is 1. The average molecular weight is 266 g/mol. The molecule has 0 radical (unpaired) electrons. The molecule has 2 aromatic carbocycles. The van der Waals surface area contributed by atoms with Crippen LogP contribution < -0.4 is 10.6 Å². The Bertz CT molecular complexity index is 763. The number of carbonyl (C=O) groups excluding carboxylic acids is 1. The van der Waals surface area contributed by atoms with E-state index in [0.717, 1.165) is 22.4 Å². The number of anilines is 2. The molecule has 3 rings (SSSR count). The second kappa shape index (κ2) is 5.05. The Kier molecular flexibility index (Phi) is 3.09. The van der Waals surface area contributed by atoms with Crippen molar-refractivity contribution in [2.75, 3.05) is 17.7 Å². The highest BCUT2D eigenvalue weighted by molar-refractivity contribution is 6.05. The quantitative estimate of drug-likeness (QED) is 0.682. The summed E-state index contributed by atoms with van der Waals surface area (Å²) in [5.74, 6) is -0.138. The lowest BCUT2D eigenvalue weighted by atomic mass is 10.2. The molecule has 20 heavy (non-hydrogen) atoms. The van der Waals surface area contributed by atoms with Crippen molar-refractivity contribution in [2.45, 2.75) is 0 Å². The Morgan fingerprint density at radius 1 is 1.15 bits per heavy atom. The van der Waals surface area contributed by atoms with E-state index in [9.17, 15) is 4.79 Å². The molecule has 0 aliphatic carbocycles. The van der Waals surface area contributed by atoms with Gasteiger partial charge in [0.15, 0.2) is 0 Å². The number of nitrogens with zero attached hydrogens (tertiary/aromatic N) is 1. The largest absolute Gasteiger partial charge is 0.388 e. The van der Waals surface area contributed by atoms with Crippen molar-refractivity contribution >= 4 is 28.3 Å². The molecular weight excluding hydrogens is 252 g/mol. The van der Waals surface area contributed by atoms with E-state index < -0.39 is 0 Å². The van der Waals surface area contributed by atoms with Crippen LogP contribution in [0.2, 0.25) is 0 Å². The lowest BCUT2D eigenvalue weighted by Crippen LogP contribution is -2.12. The van der Waals surface area contributed by atoms with Crippen molar-refractivity contribution in [3.63, 3.8) is 0 Å². The predicted octanol–water partition coefficient (Wildman–Crippen LogP) is 2.86. The lowest BCUT2D eigenvalue weighted by molar-refractivity contribution is 0.102. The molecule has 0 aliphatic rings. The Hall–Kier alpha value is -2.82. The molecule has 5 heteroatoms. The van der Waals surface area contributed by atoms with Crippen LogP contribution in [-0.2, 0) is 0 Å². The van der Waals surface area contributed by atoms with Gasteiger partial charge in [0.25, 0.3) is 5.91 Å². The van der Waals surface area contributed by atoms with Crippen molar-refractivity contribution in [3.05, 3.63) is 54.4 Å². The fourth-order valence-electron chi connectivity index (χ4n) is 2.03. The van der Waals surface area contributed by atoms with E-state index in [0.29, 0.717) is 5.56 Å². The summed E-state index contributed by atoms with van der Waals surface area (Å²) >= 11 is 0. The van der Waals surface area contributed by atoms with Crippen LogP contribution in [0.5, 0.6) is 0 Å². The van der Waals surface area contributed by atoms with Crippen molar-refractivity contribution < 1.29 is 4.79 Å². The number of hydrogen-bond acceptors (Lipinski definition) is 3. The number of aromatic amines is 1. The molecule has 0 bridgehead atoms. The van der Waals surface area contributed by atoms with Crippen molar-refractivity contribution in [1.29, 1.82) is 0 Å². The number of fused-ring (bicyclic) bond motifs is 1. The summed E-state index contributed by atoms with van der Waals surface area (Å²) in [6, 6.07) is 12.9. The van der Waals surface area contributed by atoms with Gasteiger partial charge in [0.1, 0.15) is 0 Å². The Balaban J connectivity index is 1.83. The van der Waals surface area contributed by atoms with Crippen molar-refractivity contribution in [2.24, 2.45) is 0 Å². The first kappa shape index (κ1) is 12.2. The fraction of sp³-hybridized carbons (Fsp3) is 0.0667. The zero-order valence-corrected chi connectivity index (χ0v) is 11.0. The number of hydrogen-bond donors (Lipinski definition) is 3. The standard InChI is InChI=1S/C15H14N4O/c1-16-11-4-2-3-10(7-11)15(20)19-12-5-6-13-14(8-12)18-9-17-13/h2-9,16H,1H3,(H,17,18)(H,19,20). The molecule has 0 fully saturated rings. The Labute approximate surface area is 116 Å². The molecule has 1 amide bonds. The summed E-state index contributed by atoms with van der Waals surface area (Å²) in [6.07, 6.45) is 1.63. The number of nitrogens with one attached hydrogen (secondary N) is 3. The molecule has 5 nitrogen and oxygen atoms in total. The normalized spacial score (nSPS) is 10.4. The Morgan fingerprint density at radius 2 is 2.05 bits per heavy atom. The minimum atomic E-state index is -0.138. The molecule has 0 spiro atoms. The van der Waals surface area contributed by atoms with Crippen LogP contribution in [0.15, 0.2) is 48.8 Å². The number of imidazole rings is 1. The van der Waals surface area contributed by atoms with Crippen LogP contribution in [0.3, 0.4) is 0 Å². The van der Waals surface area contributed by atoms with Crippen LogP contribution in [-0.4, -0.2) is 22.9 Å². The topological polar surface area (TPSA) is 69.8 Å². The highest BCUT2D eigenvalue weighted by Crippen LogP contribution is 2.17. The van der Waals surface area contributed by atoms with Gasteiger partial charge in [-0.1, -0.05) is 6.07 Å². The minimum Gasteiger partial charge on any atom is -0.388 e. The van der Waals surface area contributed by atoms with E-state index >= 15 is 0 Å². The fourth-order valence-corrected chi connectivity index (χ4v) is 2.03. The van der Waals surface area contributed by atoms with Crippen molar-refractivity contribution in [3.8, 4) is 0 Å². The maximum Gasteiger partial charge on any atom is 0.255 e. The molecule has 0 unspecified atom stereocenters. The van der Waals surface area contributed by atoms with Gasteiger partial charge in [-0.15, -0.1) is 0 Å². The van der Waals surface area contributed by atoms with Crippen LogP contribution >= 0.6 is 0 Å². The van der Waals surface area contributed by atoms with Gasteiger partial charge in [0.05, 0.1) is 17.4 Å². The van der Waals surface area contributed by atoms with E-state index in [4.69, 9.17) is 0 Å². The van der Waals surface area contributed by atoms with E-state index in [1.54, 1.807) is 12.4 Å². The summed E-state index contributed by atoms with van der Waals surface area (Å²) < 4.78 is 0. The molecule has 3 N–H and O–H groups in total. The summed E-state index contributed by atoms with van der Waals surface area (Å²) in [5.41, 5.74) is 4.02. The summed E-state index contributed by atoms with van der Waals surface area (Å²) in [4.78, 5) is 19.4. The first-order chi connectivity index (χ1) is 9.76. The van der Waals surface area contributed by atoms with E-state index in [-0.39, 0.29) is 5.91 Å². The molecule has 0 aliphatic heterocycles. The third-order valence-corrected chi connectivity index (χ3v) is 3.09. The maximum atomic E-state index is 12.2. The SMILES string of the molecule is CNc1cccc(C(=O)Nc2ccc3nc[nH]c3c2)c1. The molecule has 1 aromatic heterocycles. The van der Waals surface area contributed by atoms with Gasteiger partial charge in [-0.05, 0) is 36.4 Å². The van der Waals surface area contributed by atoms with Crippen LogP contribution in [0.4, 0.5) is 11.4 Å². The van der Waals surface area contributed by atoms with Gasteiger partial charge >= 0.3 is 0 Å². The van der Waals surface area contributed by atoms with Gasteiger partial charge in [-0.2, -0.15) is 0 Å².